The van der Waals surface area contributed by atoms with Gasteiger partial charge >= 0.3 is 0 Å². The molecule has 0 spiro atoms. The molecule has 1 aromatic rings. The molecule has 2 rings (SSSR count). The van der Waals surface area contributed by atoms with E-state index in [9.17, 15) is 0 Å². The van der Waals surface area contributed by atoms with Crippen LogP contribution in [0.15, 0.2) is 24.3 Å². The molecule has 3 nitrogen and oxygen atoms in total. The highest BCUT2D eigenvalue weighted by molar-refractivity contribution is 5.35. The van der Waals surface area contributed by atoms with E-state index in [-0.39, 0.29) is 0 Å². The molecule has 0 amide bonds. The van der Waals surface area contributed by atoms with Gasteiger partial charge in [0, 0.05) is 31.2 Å². The minimum absolute atomic E-state index is 0.395. The van der Waals surface area contributed by atoms with Crippen molar-refractivity contribution in [2.45, 2.75) is 19.9 Å². The van der Waals surface area contributed by atoms with Gasteiger partial charge in [0.25, 0.3) is 0 Å². The molecule has 19 heavy (non-hydrogen) atoms. The second-order valence-electron chi connectivity index (χ2n) is 5.58. The molecule has 3 heteroatoms. The Morgan fingerprint density at radius 1 is 1.37 bits per heavy atom. The second-order valence-corrected chi connectivity index (χ2v) is 5.58. The minimum atomic E-state index is 0.395. The number of para-hydroxylation sites is 1. The topological polar surface area (TPSA) is 15.7 Å². The maximum atomic E-state index is 5.46. The lowest BCUT2D eigenvalue weighted by molar-refractivity contribution is 0.0691. The van der Waals surface area contributed by atoms with E-state index in [4.69, 9.17) is 4.74 Å². The largest absolute Gasteiger partial charge is 0.496 e. The molecule has 1 aliphatic rings. The molecule has 1 aromatic carbocycles. The fourth-order valence-electron chi connectivity index (χ4n) is 2.86. The van der Waals surface area contributed by atoms with Crippen LogP contribution in [0.3, 0.4) is 0 Å². The third-order valence-corrected chi connectivity index (χ3v) is 4.28. The van der Waals surface area contributed by atoms with E-state index < -0.39 is 0 Å². The fraction of sp³-hybridized carbons (Fsp3) is 0.625. The van der Waals surface area contributed by atoms with Crippen LogP contribution in [0.2, 0.25) is 0 Å². The summed E-state index contributed by atoms with van der Waals surface area (Å²) in [6, 6.07) is 8.72. The molecule has 0 bridgehead atoms. The normalized spacial score (nSPS) is 18.4. The predicted octanol–water partition coefficient (Wildman–Crippen LogP) is 2.64. The minimum Gasteiger partial charge on any atom is -0.496 e. The van der Waals surface area contributed by atoms with Crippen molar-refractivity contribution in [3.05, 3.63) is 29.8 Å². The molecule has 1 fully saturated rings. The van der Waals surface area contributed by atoms with Gasteiger partial charge in [-0.25, -0.2) is 0 Å². The number of hydrogen-bond donors (Lipinski definition) is 0. The van der Waals surface area contributed by atoms with Gasteiger partial charge in [-0.1, -0.05) is 25.1 Å². The summed E-state index contributed by atoms with van der Waals surface area (Å²) in [6.07, 6.45) is 0. The molecule has 0 N–H and O–H groups in total. The highest BCUT2D eigenvalue weighted by atomic mass is 16.5. The molecule has 0 aliphatic carbocycles. The van der Waals surface area contributed by atoms with Gasteiger partial charge in [0.05, 0.1) is 7.11 Å². The first-order chi connectivity index (χ1) is 9.15. The average molecular weight is 262 g/mol. The predicted molar refractivity (Wildman–Crippen MR) is 79.6 cm³/mol. The van der Waals surface area contributed by atoms with E-state index in [1.54, 1.807) is 7.11 Å². The molecular formula is C16H26N2O. The van der Waals surface area contributed by atoms with Crippen molar-refractivity contribution in [1.29, 1.82) is 0 Å². The van der Waals surface area contributed by atoms with Crippen molar-refractivity contribution in [3.63, 3.8) is 0 Å². The maximum absolute atomic E-state index is 5.46. The molecule has 1 atom stereocenters. The molecule has 106 valence electrons. The second kappa shape index (κ2) is 6.40. The van der Waals surface area contributed by atoms with Gasteiger partial charge in [-0.05, 0) is 32.5 Å². The lowest BCUT2D eigenvalue weighted by atomic mass is 9.98. The number of nitrogens with zero attached hydrogens (tertiary/aromatic N) is 2. The molecular weight excluding hydrogens is 236 g/mol. The van der Waals surface area contributed by atoms with Crippen molar-refractivity contribution in [3.8, 4) is 5.75 Å². The average Bonchev–Trinajstić information content (AvgIpc) is 2.41. The van der Waals surface area contributed by atoms with Gasteiger partial charge in [0.2, 0.25) is 0 Å². The molecule has 0 radical (unpaired) electrons. The van der Waals surface area contributed by atoms with Crippen molar-refractivity contribution in [2.24, 2.45) is 5.92 Å². The van der Waals surface area contributed by atoms with Gasteiger partial charge in [-0.2, -0.15) is 0 Å². The monoisotopic (exact) mass is 262 g/mol. The van der Waals surface area contributed by atoms with E-state index >= 15 is 0 Å². The quantitative estimate of drug-likeness (QED) is 0.784. The van der Waals surface area contributed by atoms with Crippen LogP contribution in [0.4, 0.5) is 0 Å². The molecule has 0 saturated carbocycles. The Morgan fingerprint density at radius 3 is 2.68 bits per heavy atom. The number of ether oxygens (including phenoxy) is 1. The summed E-state index contributed by atoms with van der Waals surface area (Å²) in [6.45, 7) is 9.34. The number of hydrogen-bond acceptors (Lipinski definition) is 3. The number of benzene rings is 1. The van der Waals surface area contributed by atoms with Gasteiger partial charge in [0.15, 0.2) is 0 Å². The smallest absolute Gasteiger partial charge is 0.123 e. The first-order valence-electron chi connectivity index (χ1n) is 7.21. The number of likely N-dealkylation sites (tertiary alicyclic amines) is 1. The van der Waals surface area contributed by atoms with Crippen molar-refractivity contribution >= 4 is 0 Å². The van der Waals surface area contributed by atoms with Crippen molar-refractivity contribution < 1.29 is 4.74 Å². The zero-order chi connectivity index (χ0) is 13.8. The number of methoxy groups -OCH3 is 1. The Hall–Kier alpha value is -1.06. The van der Waals surface area contributed by atoms with Crippen LogP contribution in [-0.2, 0) is 0 Å². The molecule has 0 unspecified atom stereocenters. The van der Waals surface area contributed by atoms with Crippen LogP contribution in [0.5, 0.6) is 5.75 Å². The SMILES string of the molecule is CCN1CC(CN(C)[C@@H](C)c2ccccc2OC)C1. The fourth-order valence-corrected chi connectivity index (χ4v) is 2.86. The zero-order valence-corrected chi connectivity index (χ0v) is 12.6. The first-order valence-corrected chi connectivity index (χ1v) is 7.21. The Bertz CT molecular complexity index is 401. The summed E-state index contributed by atoms with van der Waals surface area (Å²) >= 11 is 0. The number of rotatable bonds is 6. The molecule has 1 saturated heterocycles. The summed E-state index contributed by atoms with van der Waals surface area (Å²) in [5.74, 6) is 1.81. The Morgan fingerprint density at radius 2 is 2.05 bits per heavy atom. The standard InChI is InChI=1S/C16H26N2O/c1-5-18-11-14(12-18)10-17(3)13(2)15-8-6-7-9-16(15)19-4/h6-9,13-14H,5,10-12H2,1-4H3/t13-/m0/s1. The van der Waals surface area contributed by atoms with E-state index in [0.717, 1.165) is 18.2 Å². The van der Waals surface area contributed by atoms with E-state index in [0.29, 0.717) is 6.04 Å². The highest BCUT2D eigenvalue weighted by Gasteiger charge is 2.27. The third-order valence-electron chi connectivity index (χ3n) is 4.28. The molecule has 0 aromatic heterocycles. The summed E-state index contributed by atoms with van der Waals surface area (Å²) in [5.41, 5.74) is 1.28. The van der Waals surface area contributed by atoms with Crippen LogP contribution in [0, 0.1) is 5.92 Å². The summed E-state index contributed by atoms with van der Waals surface area (Å²) in [5, 5.41) is 0. The third kappa shape index (κ3) is 3.28. The molecule has 1 heterocycles. The van der Waals surface area contributed by atoms with Crippen LogP contribution < -0.4 is 4.74 Å². The molecule has 1 aliphatic heterocycles. The van der Waals surface area contributed by atoms with Crippen LogP contribution >= 0.6 is 0 Å². The van der Waals surface area contributed by atoms with Crippen LogP contribution in [-0.4, -0.2) is 50.1 Å². The van der Waals surface area contributed by atoms with E-state index in [2.05, 4.69) is 42.8 Å². The summed E-state index contributed by atoms with van der Waals surface area (Å²) < 4.78 is 5.46. The van der Waals surface area contributed by atoms with Crippen molar-refractivity contribution in [2.75, 3.05) is 40.3 Å². The Labute approximate surface area is 117 Å². The zero-order valence-electron chi connectivity index (χ0n) is 12.6. The van der Waals surface area contributed by atoms with Crippen molar-refractivity contribution in [1.82, 2.24) is 9.80 Å². The Balaban J connectivity index is 1.93. The van der Waals surface area contributed by atoms with Gasteiger partial charge < -0.3 is 9.64 Å². The van der Waals surface area contributed by atoms with Gasteiger partial charge in [-0.3, -0.25) is 4.90 Å². The Kier molecular flexibility index (Phi) is 4.83. The highest BCUT2D eigenvalue weighted by Crippen LogP contribution is 2.29. The van der Waals surface area contributed by atoms with E-state index in [1.807, 2.05) is 12.1 Å². The maximum Gasteiger partial charge on any atom is 0.123 e. The lowest BCUT2D eigenvalue weighted by Gasteiger charge is -2.41. The van der Waals surface area contributed by atoms with Gasteiger partial charge in [0.1, 0.15) is 5.75 Å². The summed E-state index contributed by atoms with van der Waals surface area (Å²) in [4.78, 5) is 4.93. The summed E-state index contributed by atoms with van der Waals surface area (Å²) in [7, 11) is 3.96. The van der Waals surface area contributed by atoms with E-state index in [1.165, 1.54) is 25.2 Å². The van der Waals surface area contributed by atoms with Gasteiger partial charge in [-0.15, -0.1) is 0 Å². The lowest BCUT2D eigenvalue weighted by Crippen LogP contribution is -2.50. The first kappa shape index (κ1) is 14.4. The van der Waals surface area contributed by atoms with Crippen LogP contribution in [0.25, 0.3) is 0 Å². The van der Waals surface area contributed by atoms with Crippen LogP contribution in [0.1, 0.15) is 25.5 Å².